The highest BCUT2D eigenvalue weighted by atomic mass is 19.4. The summed E-state index contributed by atoms with van der Waals surface area (Å²) in [6, 6.07) is 11.2. The smallest absolute Gasteiger partial charge is 0.361 e. The summed E-state index contributed by atoms with van der Waals surface area (Å²) in [5.41, 5.74) is 4.38. The molecule has 4 aromatic rings. The van der Waals surface area contributed by atoms with Gasteiger partial charge in [0.1, 0.15) is 5.82 Å². The molecule has 0 saturated heterocycles. The maximum atomic E-state index is 12.9. The van der Waals surface area contributed by atoms with E-state index in [0.29, 0.717) is 42.2 Å². The van der Waals surface area contributed by atoms with Gasteiger partial charge in [-0.1, -0.05) is 38.1 Å². The summed E-state index contributed by atoms with van der Waals surface area (Å²) >= 11 is 0. The zero-order valence-corrected chi connectivity index (χ0v) is 19.0. The number of H-pyrrole nitrogens is 2. The van der Waals surface area contributed by atoms with Crippen LogP contribution >= 0.6 is 0 Å². The molecule has 8 heteroatoms. The Kier molecular flexibility index (Phi) is 5.56. The third-order valence-electron chi connectivity index (χ3n) is 6.49. The molecule has 0 fully saturated rings. The van der Waals surface area contributed by atoms with Crippen LogP contribution in [0, 0.1) is 0 Å². The number of benzene rings is 2. The van der Waals surface area contributed by atoms with Gasteiger partial charge in [-0.3, -0.25) is 9.69 Å². The molecule has 0 atom stereocenters. The van der Waals surface area contributed by atoms with Gasteiger partial charge in [0.25, 0.3) is 5.56 Å². The van der Waals surface area contributed by atoms with Gasteiger partial charge in [-0.15, -0.1) is 0 Å². The van der Waals surface area contributed by atoms with Gasteiger partial charge >= 0.3 is 6.18 Å². The number of aromatic amines is 2. The zero-order valence-electron chi connectivity index (χ0n) is 19.0. The van der Waals surface area contributed by atoms with E-state index in [1.807, 2.05) is 6.20 Å². The molecular weight excluding hydrogens is 441 g/mol. The maximum absolute atomic E-state index is 12.9. The van der Waals surface area contributed by atoms with Crippen molar-refractivity contribution in [3.8, 4) is 11.4 Å². The first-order valence-corrected chi connectivity index (χ1v) is 11.3. The van der Waals surface area contributed by atoms with Crippen LogP contribution in [0.3, 0.4) is 0 Å². The summed E-state index contributed by atoms with van der Waals surface area (Å²) in [6.07, 6.45) is -1.80. The number of alkyl halides is 3. The lowest BCUT2D eigenvalue weighted by Crippen LogP contribution is -2.35. The number of nitrogens with zero attached hydrogens (tertiary/aromatic N) is 2. The van der Waals surface area contributed by atoms with Crippen molar-refractivity contribution in [2.75, 3.05) is 6.54 Å². The predicted octanol–water partition coefficient (Wildman–Crippen LogP) is 5.62. The van der Waals surface area contributed by atoms with Crippen molar-refractivity contribution in [2.24, 2.45) is 0 Å². The summed E-state index contributed by atoms with van der Waals surface area (Å²) in [4.78, 5) is 25.6. The monoisotopic (exact) mass is 466 g/mol. The number of halogens is 3. The molecule has 176 valence electrons. The van der Waals surface area contributed by atoms with E-state index in [2.05, 4.69) is 51.9 Å². The van der Waals surface area contributed by atoms with Crippen molar-refractivity contribution in [2.45, 2.75) is 45.5 Å². The van der Waals surface area contributed by atoms with E-state index in [0.717, 1.165) is 24.2 Å². The molecule has 0 spiro atoms. The van der Waals surface area contributed by atoms with Gasteiger partial charge < -0.3 is 9.97 Å². The van der Waals surface area contributed by atoms with Gasteiger partial charge in [0.05, 0.1) is 11.3 Å². The fourth-order valence-corrected chi connectivity index (χ4v) is 4.52. The van der Waals surface area contributed by atoms with Gasteiger partial charge in [0, 0.05) is 47.9 Å². The van der Waals surface area contributed by atoms with Crippen molar-refractivity contribution in [1.29, 1.82) is 0 Å². The minimum Gasteiger partial charge on any atom is -0.361 e. The van der Waals surface area contributed by atoms with Crippen molar-refractivity contribution >= 4 is 10.9 Å². The molecule has 2 aromatic heterocycles. The number of hydrogen-bond donors (Lipinski definition) is 2. The molecule has 2 aromatic carbocycles. The summed E-state index contributed by atoms with van der Waals surface area (Å²) < 4.78 is 38.6. The maximum Gasteiger partial charge on any atom is 0.416 e. The first kappa shape index (κ1) is 22.4. The van der Waals surface area contributed by atoms with E-state index >= 15 is 0 Å². The minimum absolute atomic E-state index is 0.229. The summed E-state index contributed by atoms with van der Waals surface area (Å²) in [5, 5.41) is 1.18. The second-order valence-corrected chi connectivity index (χ2v) is 9.15. The van der Waals surface area contributed by atoms with E-state index in [1.54, 1.807) is 0 Å². The quantitative estimate of drug-likeness (QED) is 0.410. The average molecular weight is 467 g/mol. The normalized spacial score (nSPS) is 14.6. The average Bonchev–Trinajstić information content (AvgIpc) is 3.20. The first-order valence-electron chi connectivity index (χ1n) is 11.3. The lowest BCUT2D eigenvalue weighted by molar-refractivity contribution is -0.137. The minimum atomic E-state index is -4.41. The molecule has 0 saturated carbocycles. The van der Waals surface area contributed by atoms with Crippen LogP contribution in [0.15, 0.2) is 53.5 Å². The SMILES string of the molecule is CC(C)c1ccc2c(CN3CCc4c(nc(-c5ccc(C(F)(F)F)cc5)[nH]c4=O)C3)c[nH]c2c1. The third-order valence-corrected chi connectivity index (χ3v) is 6.49. The predicted molar refractivity (Wildman–Crippen MR) is 126 cm³/mol. The Morgan fingerprint density at radius 1 is 1.12 bits per heavy atom. The topological polar surface area (TPSA) is 64.8 Å². The van der Waals surface area contributed by atoms with Crippen molar-refractivity contribution < 1.29 is 13.2 Å². The first-order chi connectivity index (χ1) is 16.2. The van der Waals surface area contributed by atoms with Crippen LogP contribution in [-0.4, -0.2) is 26.4 Å². The van der Waals surface area contributed by atoms with Crippen LogP contribution < -0.4 is 5.56 Å². The Labute approximate surface area is 194 Å². The van der Waals surface area contributed by atoms with E-state index in [4.69, 9.17) is 0 Å². The molecule has 0 aliphatic carbocycles. The number of fused-ring (bicyclic) bond motifs is 2. The molecule has 5 rings (SSSR count). The summed E-state index contributed by atoms with van der Waals surface area (Å²) in [7, 11) is 0. The summed E-state index contributed by atoms with van der Waals surface area (Å²) in [6.45, 7) is 6.29. The van der Waals surface area contributed by atoms with Crippen LogP contribution in [0.1, 0.15) is 47.7 Å². The Morgan fingerprint density at radius 3 is 2.59 bits per heavy atom. The highest BCUT2D eigenvalue weighted by molar-refractivity contribution is 5.83. The van der Waals surface area contributed by atoms with Crippen LogP contribution in [0.2, 0.25) is 0 Å². The van der Waals surface area contributed by atoms with Gasteiger partial charge in [-0.25, -0.2) is 4.98 Å². The second-order valence-electron chi connectivity index (χ2n) is 9.15. The van der Waals surface area contributed by atoms with Gasteiger partial charge in [-0.05, 0) is 41.7 Å². The molecule has 0 radical (unpaired) electrons. The second kappa shape index (κ2) is 8.43. The van der Waals surface area contributed by atoms with Crippen LogP contribution in [-0.2, 0) is 25.7 Å². The van der Waals surface area contributed by atoms with Crippen LogP contribution in [0.25, 0.3) is 22.3 Å². The van der Waals surface area contributed by atoms with Crippen molar-refractivity contribution in [1.82, 2.24) is 19.9 Å². The molecule has 1 aliphatic heterocycles. The molecule has 34 heavy (non-hydrogen) atoms. The number of rotatable bonds is 4. The van der Waals surface area contributed by atoms with E-state index in [-0.39, 0.29) is 11.4 Å². The van der Waals surface area contributed by atoms with Gasteiger partial charge in [-0.2, -0.15) is 13.2 Å². The van der Waals surface area contributed by atoms with Gasteiger partial charge in [0.2, 0.25) is 0 Å². The summed E-state index contributed by atoms with van der Waals surface area (Å²) in [5.74, 6) is 0.741. The lowest BCUT2D eigenvalue weighted by Gasteiger charge is -2.27. The van der Waals surface area contributed by atoms with E-state index in [1.165, 1.54) is 28.6 Å². The lowest BCUT2D eigenvalue weighted by atomic mass is 10.0. The zero-order chi connectivity index (χ0) is 24.0. The molecule has 0 amide bonds. The van der Waals surface area contributed by atoms with E-state index < -0.39 is 11.7 Å². The fourth-order valence-electron chi connectivity index (χ4n) is 4.52. The van der Waals surface area contributed by atoms with Crippen LogP contribution in [0.4, 0.5) is 13.2 Å². The van der Waals surface area contributed by atoms with Crippen molar-refractivity contribution in [3.05, 3.63) is 87.0 Å². The Balaban J connectivity index is 1.39. The third kappa shape index (κ3) is 4.25. The fraction of sp³-hybridized carbons (Fsp3) is 0.308. The molecule has 3 heterocycles. The number of aromatic nitrogens is 3. The van der Waals surface area contributed by atoms with E-state index in [9.17, 15) is 18.0 Å². The Morgan fingerprint density at radius 2 is 1.88 bits per heavy atom. The molecule has 2 N–H and O–H groups in total. The molecule has 5 nitrogen and oxygen atoms in total. The van der Waals surface area contributed by atoms with Crippen LogP contribution in [0.5, 0.6) is 0 Å². The Bertz CT molecular complexity index is 1400. The Hall–Kier alpha value is -3.39. The number of nitrogens with one attached hydrogen (secondary N) is 2. The molecular formula is C26H25F3N4O. The van der Waals surface area contributed by atoms with Gasteiger partial charge in [0.15, 0.2) is 0 Å². The standard InChI is InChI=1S/C26H25F3N4O/c1-15(2)17-5-8-20-18(12-30-22(20)11-17)13-33-10-9-21-23(14-33)31-24(32-25(21)34)16-3-6-19(7-4-16)26(27,28)29/h3-8,11-12,15,30H,9-10,13-14H2,1-2H3,(H,31,32,34). The van der Waals surface area contributed by atoms with Crippen molar-refractivity contribution in [3.63, 3.8) is 0 Å². The molecule has 0 bridgehead atoms. The number of hydrogen-bond acceptors (Lipinski definition) is 3. The molecule has 1 aliphatic rings. The largest absolute Gasteiger partial charge is 0.416 e. The highest BCUT2D eigenvalue weighted by Crippen LogP contribution is 2.31. The highest BCUT2D eigenvalue weighted by Gasteiger charge is 2.30. The molecule has 0 unspecified atom stereocenters.